The largest absolute Gasteiger partial charge is 0.366 e. The number of carbonyl (C=O) groups is 1. The van der Waals surface area contributed by atoms with Crippen LogP contribution >= 0.6 is 12.6 Å². The van der Waals surface area contributed by atoms with Gasteiger partial charge in [0.15, 0.2) is 0 Å². The number of thiol groups is 1. The zero-order valence-electron chi connectivity index (χ0n) is 37.2. The number of nitrogens with zero attached hydrogens (tertiary/aromatic N) is 1. The van der Waals surface area contributed by atoms with E-state index < -0.39 is 5.91 Å². The minimum Gasteiger partial charge on any atom is -0.366 e. The molecule has 0 aliphatic heterocycles. The number of aliphatic imine (C=N–C) groups is 1. The maximum atomic E-state index is 12.0. The van der Waals surface area contributed by atoms with Crippen molar-refractivity contribution in [3.8, 4) is 11.1 Å². The topological polar surface area (TPSA) is 67.5 Å². The van der Waals surface area contributed by atoms with Gasteiger partial charge in [-0.2, -0.15) is 12.6 Å². The van der Waals surface area contributed by atoms with Crippen molar-refractivity contribution in [1.29, 1.82) is 0 Å². The van der Waals surface area contributed by atoms with E-state index in [1.807, 2.05) is 53.8 Å². The van der Waals surface area contributed by atoms with Crippen LogP contribution in [-0.2, 0) is 12.8 Å². The number of carbonyl (C=O) groups excluding carboxylic acids is 1. The van der Waals surface area contributed by atoms with Crippen LogP contribution < -0.4 is 11.1 Å². The molecule has 4 nitrogen and oxygen atoms in total. The lowest BCUT2D eigenvalue weighted by atomic mass is 9.89. The van der Waals surface area contributed by atoms with Crippen LogP contribution in [0.25, 0.3) is 11.1 Å². The summed E-state index contributed by atoms with van der Waals surface area (Å²) in [5.41, 5.74) is 13.3. The summed E-state index contributed by atoms with van der Waals surface area (Å²) >= 11 is 3.53. The van der Waals surface area contributed by atoms with Crippen molar-refractivity contribution >= 4 is 36.1 Å². The van der Waals surface area contributed by atoms with E-state index in [0.717, 1.165) is 71.1 Å². The van der Waals surface area contributed by atoms with Gasteiger partial charge < -0.3 is 11.1 Å². The molecule has 1 aliphatic carbocycles. The maximum absolute atomic E-state index is 12.0. The highest BCUT2D eigenvalue weighted by Crippen LogP contribution is 2.37. The van der Waals surface area contributed by atoms with Crippen LogP contribution in [0.1, 0.15) is 200 Å². The molecule has 0 aromatic heterocycles. The lowest BCUT2D eigenvalue weighted by Crippen LogP contribution is -2.16. The van der Waals surface area contributed by atoms with Gasteiger partial charge in [0.05, 0.1) is 16.9 Å². The van der Waals surface area contributed by atoms with Crippen molar-refractivity contribution in [3.63, 3.8) is 0 Å². The molecule has 2 aromatic carbocycles. The molecule has 1 amide bonds. The van der Waals surface area contributed by atoms with Crippen LogP contribution in [0.3, 0.4) is 0 Å². The predicted octanol–water partition coefficient (Wildman–Crippen LogP) is 15.9. The van der Waals surface area contributed by atoms with Crippen molar-refractivity contribution in [1.82, 2.24) is 0 Å². The van der Waals surface area contributed by atoms with Gasteiger partial charge in [-0.1, -0.05) is 184 Å². The number of nitrogens with two attached hydrogens (primary N) is 1. The highest BCUT2D eigenvalue weighted by Gasteiger charge is 2.19. The molecule has 0 heterocycles. The van der Waals surface area contributed by atoms with Gasteiger partial charge in [0.1, 0.15) is 0 Å². The van der Waals surface area contributed by atoms with Crippen LogP contribution in [0.15, 0.2) is 42.0 Å². The second-order valence-electron chi connectivity index (χ2n) is 13.7. The predicted molar refractivity (Wildman–Crippen MR) is 248 cm³/mol. The van der Waals surface area contributed by atoms with Crippen LogP contribution in [0.4, 0.5) is 11.4 Å². The molecule has 53 heavy (non-hydrogen) atoms. The van der Waals surface area contributed by atoms with E-state index in [2.05, 4.69) is 89.3 Å². The van der Waals surface area contributed by atoms with E-state index in [9.17, 15) is 4.79 Å². The number of primary amides is 1. The molecule has 0 saturated heterocycles. The van der Waals surface area contributed by atoms with Gasteiger partial charge in [-0.05, 0) is 91.3 Å². The summed E-state index contributed by atoms with van der Waals surface area (Å²) in [5, 5.41) is 3.14. The Labute approximate surface area is 336 Å². The third-order valence-electron chi connectivity index (χ3n) is 9.44. The number of unbranched alkanes of at least 4 members (excludes halogenated alkanes) is 5. The summed E-state index contributed by atoms with van der Waals surface area (Å²) in [7, 11) is 0. The number of rotatable bonds is 17. The first kappa shape index (κ1) is 54.8. The lowest BCUT2D eigenvalue weighted by Gasteiger charge is -2.20. The molecule has 306 valence electrons. The van der Waals surface area contributed by atoms with E-state index in [1.54, 1.807) is 12.5 Å². The molecule has 1 aliphatic rings. The van der Waals surface area contributed by atoms with Gasteiger partial charge in [0, 0.05) is 6.21 Å². The quantitative estimate of drug-likeness (QED) is 0.0855. The zero-order valence-corrected chi connectivity index (χ0v) is 38.1. The molecule has 2 aromatic rings. The van der Waals surface area contributed by atoms with Crippen LogP contribution in [-0.4, -0.2) is 18.4 Å². The van der Waals surface area contributed by atoms with E-state index >= 15 is 0 Å². The Balaban J connectivity index is -0.000000820. The number of nitrogens with one attached hydrogen (secondary N) is 1. The highest BCUT2D eigenvalue weighted by atomic mass is 32.1. The summed E-state index contributed by atoms with van der Waals surface area (Å²) < 4.78 is 0. The average Bonchev–Trinajstić information content (AvgIpc) is 3.17. The van der Waals surface area contributed by atoms with Gasteiger partial charge in [-0.25, -0.2) is 0 Å². The molecular weight excluding hydrogens is 667 g/mol. The van der Waals surface area contributed by atoms with E-state index in [0.29, 0.717) is 5.56 Å². The van der Waals surface area contributed by atoms with Gasteiger partial charge in [-0.3, -0.25) is 9.79 Å². The Morgan fingerprint density at radius 3 is 1.89 bits per heavy atom. The fourth-order valence-electron chi connectivity index (χ4n) is 6.57. The highest BCUT2D eigenvalue weighted by molar-refractivity contribution is 7.79. The van der Waals surface area contributed by atoms with Gasteiger partial charge >= 0.3 is 0 Å². The third kappa shape index (κ3) is 23.8. The molecule has 0 spiro atoms. The fraction of sp³-hybridized carbons (Fsp3) is 0.667. The molecule has 5 heteroatoms. The number of hydrogen-bond acceptors (Lipinski definition) is 4. The minimum atomic E-state index is -0.436. The standard InChI is InChI=1S/C24H31N3O.C12H26.C7H14.2C2H6.CH4S/c1-6-10-11-17-12-13-18(15-21(17)26-8-3)20-14-16(5)22(24(25)28)23(27-9-4)19(20)7-2;1-4-6-8-10-12(3)11-9-7-5-2;1-7-5-3-2-4-6-7;3*1-2/h8-9,12-15,27H,4,6-7,10-11H2,1-3,5H3,(H2,25,28);12H,4-11H2,1-3H3;7H,2-6H2,1H3;2*1-2H3;2H,1H3. The minimum absolute atomic E-state index is 0.436. The lowest BCUT2D eigenvalue weighted by molar-refractivity contribution is 0.100. The van der Waals surface area contributed by atoms with Crippen LogP contribution in [0.2, 0.25) is 0 Å². The van der Waals surface area contributed by atoms with Crippen molar-refractivity contribution in [3.05, 3.63) is 59.3 Å². The normalized spacial score (nSPS) is 12.0. The molecular formula is C48H87N3OS. The molecule has 1 fully saturated rings. The summed E-state index contributed by atoms with van der Waals surface area (Å²) in [6, 6.07) is 8.51. The first-order valence-corrected chi connectivity index (χ1v) is 22.5. The second-order valence-corrected chi connectivity index (χ2v) is 13.7. The molecule has 1 saturated carbocycles. The Hall–Kier alpha value is -2.53. The van der Waals surface area contributed by atoms with Crippen molar-refractivity contribution in [2.45, 2.75) is 192 Å². The first-order valence-electron chi connectivity index (χ1n) is 21.6. The van der Waals surface area contributed by atoms with Crippen LogP contribution in [0.5, 0.6) is 0 Å². The van der Waals surface area contributed by atoms with Gasteiger partial charge in [0.25, 0.3) is 5.91 Å². The Morgan fingerprint density at radius 1 is 0.925 bits per heavy atom. The van der Waals surface area contributed by atoms with E-state index in [4.69, 9.17) is 5.73 Å². The Morgan fingerprint density at radius 2 is 1.47 bits per heavy atom. The summed E-state index contributed by atoms with van der Waals surface area (Å²) in [5.74, 6) is 1.58. The van der Waals surface area contributed by atoms with Crippen molar-refractivity contribution in [2.75, 3.05) is 11.6 Å². The fourth-order valence-corrected chi connectivity index (χ4v) is 6.57. The van der Waals surface area contributed by atoms with E-state index in [-0.39, 0.29) is 0 Å². The SMILES string of the molecule is C=CNc1c(CC)c(-c2ccc(CCCC)c(N=CC)c2)cc(C)c1C(N)=O.CC.CC.CC1CCCCC1.CCCCCC(C)CCCCC.CS. The number of benzene rings is 2. The van der Waals surface area contributed by atoms with E-state index in [1.165, 1.54) is 89.0 Å². The van der Waals surface area contributed by atoms with Crippen LogP contribution in [0, 0.1) is 18.8 Å². The van der Waals surface area contributed by atoms with Gasteiger partial charge in [0.2, 0.25) is 0 Å². The Bertz CT molecular complexity index is 1190. The summed E-state index contributed by atoms with van der Waals surface area (Å²) in [4.78, 5) is 16.6. The maximum Gasteiger partial charge on any atom is 0.251 e. The molecule has 0 unspecified atom stereocenters. The monoisotopic (exact) mass is 754 g/mol. The molecule has 3 N–H and O–H groups in total. The molecule has 0 atom stereocenters. The smallest absolute Gasteiger partial charge is 0.251 e. The number of amides is 1. The van der Waals surface area contributed by atoms with Crippen molar-refractivity contribution in [2.24, 2.45) is 22.6 Å². The molecule has 0 radical (unpaired) electrons. The number of aryl methyl sites for hydroxylation is 2. The second kappa shape index (κ2) is 37.8. The summed E-state index contributed by atoms with van der Waals surface area (Å²) in [6.07, 6.45) is 28.0. The molecule has 3 rings (SSSR count). The molecule has 0 bridgehead atoms. The first-order chi connectivity index (χ1) is 25.7. The average molecular weight is 754 g/mol. The van der Waals surface area contributed by atoms with Gasteiger partial charge in [-0.15, -0.1) is 0 Å². The van der Waals surface area contributed by atoms with Crippen molar-refractivity contribution < 1.29 is 4.79 Å². The third-order valence-corrected chi connectivity index (χ3v) is 9.44. The number of hydrogen-bond donors (Lipinski definition) is 3. The summed E-state index contributed by atoms with van der Waals surface area (Å²) in [6.45, 7) is 29.2. The zero-order chi connectivity index (χ0) is 41.0. The Kier molecular flexibility index (Phi) is 39.1. The number of anilines is 1.